The summed E-state index contributed by atoms with van der Waals surface area (Å²) in [6, 6.07) is 0. The third-order valence-corrected chi connectivity index (χ3v) is 1.07. The van der Waals surface area contributed by atoms with Gasteiger partial charge in [0.25, 0.3) is 0 Å². The van der Waals surface area contributed by atoms with Crippen LogP contribution in [0, 0.1) is 0 Å². The van der Waals surface area contributed by atoms with E-state index in [1.54, 1.807) is 13.8 Å². The molecule has 42 valence electrons. The van der Waals surface area contributed by atoms with E-state index in [0.717, 1.165) is 0 Å². The van der Waals surface area contributed by atoms with Gasteiger partial charge in [0.2, 0.25) is 0 Å². The van der Waals surface area contributed by atoms with E-state index in [1.165, 1.54) is 0 Å². The van der Waals surface area contributed by atoms with E-state index in [-0.39, 0.29) is 0 Å². The van der Waals surface area contributed by atoms with Gasteiger partial charge in [0.05, 0.1) is 0 Å². The normalized spacial score (nSPS) is 11.7. The zero-order chi connectivity index (χ0) is 6.08. The summed E-state index contributed by atoms with van der Waals surface area (Å²) in [7, 11) is 0.713. The highest BCUT2D eigenvalue weighted by molar-refractivity contribution is 6.25. The smallest absolute Gasteiger partial charge is 0.305 e. The number of rotatable bonds is 1. The number of aliphatic carboxylic acids is 1. The Labute approximate surface area is 46.0 Å². The number of carboxylic acids is 1. The minimum absolute atomic E-state index is 0.444. The molecule has 0 unspecified atom stereocenters. The van der Waals surface area contributed by atoms with Gasteiger partial charge in [-0.1, -0.05) is 13.8 Å². The van der Waals surface area contributed by atoms with Crippen molar-refractivity contribution in [1.82, 2.24) is 0 Å². The molecule has 0 aliphatic heterocycles. The van der Waals surface area contributed by atoms with E-state index in [9.17, 15) is 4.79 Å². The summed E-state index contributed by atoms with van der Waals surface area (Å²) in [6.07, 6.45) is 0. The number of carboxylic acid groups (broad SMARTS) is 1. The standard InChI is InChI=1S/C4H10O2Si/c1-4(2,7)3(5)6/h1-2,7H3,(H,5,6). The van der Waals surface area contributed by atoms with Crippen LogP contribution in [-0.4, -0.2) is 21.3 Å². The van der Waals surface area contributed by atoms with E-state index in [0.29, 0.717) is 10.2 Å². The van der Waals surface area contributed by atoms with Crippen LogP contribution >= 0.6 is 0 Å². The van der Waals surface area contributed by atoms with Crippen molar-refractivity contribution in [2.24, 2.45) is 0 Å². The van der Waals surface area contributed by atoms with Crippen molar-refractivity contribution in [3.63, 3.8) is 0 Å². The number of hydrogen-bond acceptors (Lipinski definition) is 1. The maximum Gasteiger partial charge on any atom is 0.305 e. The SMILES string of the molecule is CC(C)([SiH3])C(=O)O. The van der Waals surface area contributed by atoms with Crippen LogP contribution in [0.15, 0.2) is 0 Å². The van der Waals surface area contributed by atoms with Crippen LogP contribution in [0.25, 0.3) is 0 Å². The Morgan fingerprint density at radius 1 is 1.71 bits per heavy atom. The lowest BCUT2D eigenvalue weighted by atomic mass is 10.2. The van der Waals surface area contributed by atoms with Crippen LogP contribution in [0.4, 0.5) is 0 Å². The molecule has 0 bridgehead atoms. The molecule has 2 nitrogen and oxygen atoms in total. The second-order valence-electron chi connectivity index (χ2n) is 2.56. The molecule has 0 fully saturated rings. The Bertz CT molecular complexity index is 82.2. The van der Waals surface area contributed by atoms with Crippen LogP contribution in [-0.2, 0) is 4.79 Å². The molecule has 0 aromatic carbocycles. The third-order valence-electron chi connectivity index (χ3n) is 0.642. The first kappa shape index (κ1) is 6.69. The molecule has 0 aromatic rings. The first-order valence-corrected chi connectivity index (χ1v) is 3.18. The van der Waals surface area contributed by atoms with Gasteiger partial charge in [0, 0.05) is 15.3 Å². The van der Waals surface area contributed by atoms with Gasteiger partial charge in [-0.15, -0.1) is 0 Å². The van der Waals surface area contributed by atoms with E-state index in [1.807, 2.05) is 0 Å². The van der Waals surface area contributed by atoms with Gasteiger partial charge in [0.15, 0.2) is 0 Å². The molecular formula is C4H10O2Si. The molecule has 0 aliphatic carbocycles. The van der Waals surface area contributed by atoms with Crippen LogP contribution in [0.5, 0.6) is 0 Å². The molecule has 0 aromatic heterocycles. The van der Waals surface area contributed by atoms with Crippen molar-refractivity contribution in [2.75, 3.05) is 0 Å². The van der Waals surface area contributed by atoms with Crippen LogP contribution in [0.1, 0.15) is 13.8 Å². The maximum atomic E-state index is 10.1. The lowest BCUT2D eigenvalue weighted by molar-refractivity contribution is -0.139. The summed E-state index contributed by atoms with van der Waals surface area (Å²) in [5.74, 6) is -0.695. The summed E-state index contributed by atoms with van der Waals surface area (Å²) in [5.41, 5.74) is 0. The van der Waals surface area contributed by atoms with Gasteiger partial charge in [-0.05, 0) is 0 Å². The first-order chi connectivity index (χ1) is 2.94. The van der Waals surface area contributed by atoms with Crippen molar-refractivity contribution in [1.29, 1.82) is 0 Å². The van der Waals surface area contributed by atoms with Gasteiger partial charge in [-0.25, -0.2) is 0 Å². The van der Waals surface area contributed by atoms with Gasteiger partial charge in [-0.3, -0.25) is 4.79 Å². The van der Waals surface area contributed by atoms with Crippen LogP contribution in [0.2, 0.25) is 5.04 Å². The molecule has 0 spiro atoms. The van der Waals surface area contributed by atoms with Crippen molar-refractivity contribution >= 4 is 16.2 Å². The lowest BCUT2D eigenvalue weighted by Crippen LogP contribution is -2.15. The predicted octanol–water partition coefficient (Wildman–Crippen LogP) is -0.365. The Morgan fingerprint density at radius 3 is 1.86 bits per heavy atom. The van der Waals surface area contributed by atoms with Gasteiger partial charge in [0.1, 0.15) is 0 Å². The average Bonchev–Trinajstić information content (AvgIpc) is 1.31. The lowest BCUT2D eigenvalue weighted by Gasteiger charge is -2.08. The third kappa shape index (κ3) is 2.39. The molecule has 0 saturated heterocycles. The summed E-state index contributed by atoms with van der Waals surface area (Å²) in [6.45, 7) is 3.45. The summed E-state index contributed by atoms with van der Waals surface area (Å²) in [4.78, 5) is 10.1. The van der Waals surface area contributed by atoms with Crippen LogP contribution in [0.3, 0.4) is 0 Å². The van der Waals surface area contributed by atoms with Crippen LogP contribution < -0.4 is 0 Å². The van der Waals surface area contributed by atoms with Crippen molar-refractivity contribution in [3.8, 4) is 0 Å². The Morgan fingerprint density at radius 2 is 1.86 bits per heavy atom. The first-order valence-electron chi connectivity index (χ1n) is 2.18. The fourth-order valence-corrected chi connectivity index (χ4v) is 0. The molecule has 1 N–H and O–H groups in total. The molecule has 3 heteroatoms. The maximum absolute atomic E-state index is 10.1. The number of carbonyl (C=O) groups is 1. The van der Waals surface area contributed by atoms with E-state index in [2.05, 4.69) is 0 Å². The zero-order valence-electron chi connectivity index (χ0n) is 4.86. The highest BCUT2D eigenvalue weighted by Gasteiger charge is 2.18. The summed E-state index contributed by atoms with van der Waals surface area (Å²) < 4.78 is 0. The van der Waals surface area contributed by atoms with E-state index < -0.39 is 11.0 Å². The Balaban J connectivity index is 3.79. The monoisotopic (exact) mass is 118 g/mol. The van der Waals surface area contributed by atoms with E-state index >= 15 is 0 Å². The highest BCUT2D eigenvalue weighted by Crippen LogP contribution is 2.16. The summed E-state index contributed by atoms with van der Waals surface area (Å²) >= 11 is 0. The van der Waals surface area contributed by atoms with Crippen molar-refractivity contribution < 1.29 is 9.90 Å². The minimum atomic E-state index is -0.695. The molecule has 0 atom stereocenters. The van der Waals surface area contributed by atoms with Crippen molar-refractivity contribution in [3.05, 3.63) is 0 Å². The minimum Gasteiger partial charge on any atom is -0.481 e. The van der Waals surface area contributed by atoms with Gasteiger partial charge < -0.3 is 5.11 Å². The van der Waals surface area contributed by atoms with E-state index in [4.69, 9.17) is 5.11 Å². The average molecular weight is 118 g/mol. The molecule has 7 heavy (non-hydrogen) atoms. The number of hydrogen-bond donors (Lipinski definition) is 1. The largest absolute Gasteiger partial charge is 0.481 e. The summed E-state index contributed by atoms with van der Waals surface area (Å²) in [5, 5.41) is 7.84. The quantitative estimate of drug-likeness (QED) is 0.477. The molecule has 0 rings (SSSR count). The Hall–Kier alpha value is -0.313. The fourth-order valence-electron chi connectivity index (χ4n) is 0. The predicted molar refractivity (Wildman–Crippen MR) is 31.6 cm³/mol. The molecular weight excluding hydrogens is 108 g/mol. The molecule has 0 aliphatic rings. The molecule has 0 saturated carbocycles. The molecule has 0 radical (unpaired) electrons. The highest BCUT2D eigenvalue weighted by atomic mass is 28.1. The zero-order valence-corrected chi connectivity index (χ0v) is 6.86. The molecule has 0 heterocycles. The fraction of sp³-hybridized carbons (Fsp3) is 0.750. The second kappa shape index (κ2) is 1.66. The molecule has 0 amide bonds. The Kier molecular flexibility index (Phi) is 1.58. The second-order valence-corrected chi connectivity index (χ2v) is 5.06. The van der Waals surface area contributed by atoms with Gasteiger partial charge >= 0.3 is 5.97 Å². The van der Waals surface area contributed by atoms with Gasteiger partial charge in [-0.2, -0.15) is 0 Å². The topological polar surface area (TPSA) is 37.3 Å². The van der Waals surface area contributed by atoms with Crippen molar-refractivity contribution in [2.45, 2.75) is 18.9 Å².